The Hall–Kier alpha value is -1.33. The molecular weight excluding hydrogens is 252 g/mol. The molecule has 98 valence electrons. The van der Waals surface area contributed by atoms with Crippen LogP contribution in [0.2, 0.25) is 5.02 Å². The van der Waals surface area contributed by atoms with Gasteiger partial charge in [-0.3, -0.25) is 4.79 Å². The maximum Gasteiger partial charge on any atom is 0.241 e. The Morgan fingerprint density at radius 3 is 3.00 bits per heavy atom. The lowest BCUT2D eigenvalue weighted by atomic mass is 10.2. The van der Waals surface area contributed by atoms with Gasteiger partial charge < -0.3 is 15.5 Å². The molecule has 0 aromatic carbocycles. The van der Waals surface area contributed by atoms with E-state index in [4.69, 9.17) is 17.3 Å². The van der Waals surface area contributed by atoms with Gasteiger partial charge in [-0.05, 0) is 18.1 Å². The van der Waals surface area contributed by atoms with Gasteiger partial charge >= 0.3 is 0 Å². The summed E-state index contributed by atoms with van der Waals surface area (Å²) in [5.41, 5.74) is 6.48. The van der Waals surface area contributed by atoms with Crippen molar-refractivity contribution in [2.45, 2.75) is 13.0 Å². The number of hydrogen-bond acceptors (Lipinski definition) is 4. The Bertz CT molecular complexity index is 452. The molecule has 1 amide bonds. The summed E-state index contributed by atoms with van der Waals surface area (Å²) in [5, 5.41) is 0.553. The van der Waals surface area contributed by atoms with Gasteiger partial charge in [0.05, 0.1) is 11.6 Å². The molecule has 1 aromatic heterocycles. The summed E-state index contributed by atoms with van der Waals surface area (Å²) in [7, 11) is 1.82. The molecule has 5 nitrogen and oxygen atoms in total. The number of aromatic nitrogens is 1. The first-order valence-electron chi connectivity index (χ1n) is 5.96. The monoisotopic (exact) mass is 268 g/mol. The number of rotatable bonds is 2. The minimum atomic E-state index is 0.0866. The Labute approximate surface area is 112 Å². The van der Waals surface area contributed by atoms with Gasteiger partial charge in [0, 0.05) is 32.9 Å². The molecule has 2 rings (SSSR count). The molecule has 18 heavy (non-hydrogen) atoms. The molecule has 2 heterocycles. The molecule has 0 aliphatic carbocycles. The number of carbonyl (C=O) groups is 1. The van der Waals surface area contributed by atoms with Gasteiger partial charge in [-0.25, -0.2) is 4.98 Å². The number of carbonyl (C=O) groups excluding carboxylic acids is 1. The van der Waals surface area contributed by atoms with E-state index in [9.17, 15) is 4.79 Å². The van der Waals surface area contributed by atoms with Crippen molar-refractivity contribution in [3.05, 3.63) is 22.8 Å². The van der Waals surface area contributed by atoms with Gasteiger partial charge in [-0.1, -0.05) is 11.6 Å². The molecule has 1 fully saturated rings. The summed E-state index contributed by atoms with van der Waals surface area (Å²) in [4.78, 5) is 19.8. The molecule has 0 spiro atoms. The highest BCUT2D eigenvalue weighted by atomic mass is 35.5. The van der Waals surface area contributed by atoms with Crippen LogP contribution in [-0.2, 0) is 11.3 Å². The highest BCUT2D eigenvalue weighted by Crippen LogP contribution is 2.27. The third-order valence-electron chi connectivity index (χ3n) is 3.14. The van der Waals surface area contributed by atoms with E-state index in [0.717, 1.165) is 25.1 Å². The first-order valence-corrected chi connectivity index (χ1v) is 6.33. The number of hydrogen-bond donors (Lipinski definition) is 1. The van der Waals surface area contributed by atoms with Crippen molar-refractivity contribution in [2.75, 3.05) is 31.6 Å². The van der Waals surface area contributed by atoms with Crippen LogP contribution in [0, 0.1) is 0 Å². The standard InChI is InChI=1S/C12H17ClN4O/c1-16-5-2-6-17(8-10(16)18)12-11(13)9(7-14)3-4-15-12/h3-4H,2,5-8,14H2,1H3. The SMILES string of the molecule is CN1CCCN(c2nccc(CN)c2Cl)CC1=O. The minimum Gasteiger partial charge on any atom is -0.346 e. The minimum absolute atomic E-state index is 0.0866. The fraction of sp³-hybridized carbons (Fsp3) is 0.500. The van der Waals surface area contributed by atoms with Gasteiger partial charge in [-0.15, -0.1) is 0 Å². The average molecular weight is 269 g/mol. The van der Waals surface area contributed by atoms with Crippen LogP contribution in [0.4, 0.5) is 5.82 Å². The highest BCUT2D eigenvalue weighted by Gasteiger charge is 2.22. The molecule has 1 aromatic rings. The van der Waals surface area contributed by atoms with E-state index in [-0.39, 0.29) is 5.91 Å². The van der Waals surface area contributed by atoms with Crippen LogP contribution in [0.5, 0.6) is 0 Å². The van der Waals surface area contributed by atoms with Crippen LogP contribution in [-0.4, -0.2) is 42.5 Å². The van der Waals surface area contributed by atoms with Crippen molar-refractivity contribution in [1.29, 1.82) is 0 Å². The van der Waals surface area contributed by atoms with E-state index >= 15 is 0 Å². The maximum atomic E-state index is 11.9. The number of nitrogens with zero attached hydrogens (tertiary/aromatic N) is 3. The Balaban J connectivity index is 2.28. The van der Waals surface area contributed by atoms with Crippen LogP contribution in [0.3, 0.4) is 0 Å². The maximum absolute atomic E-state index is 11.9. The molecule has 2 N–H and O–H groups in total. The summed E-state index contributed by atoms with van der Waals surface area (Å²) < 4.78 is 0. The van der Waals surface area contributed by atoms with Crippen molar-refractivity contribution in [3.63, 3.8) is 0 Å². The average Bonchev–Trinajstić information content (AvgIpc) is 2.52. The first kappa shape index (κ1) is 13.1. The van der Waals surface area contributed by atoms with Gasteiger partial charge in [-0.2, -0.15) is 0 Å². The summed E-state index contributed by atoms with van der Waals surface area (Å²) >= 11 is 6.27. The Morgan fingerprint density at radius 2 is 2.28 bits per heavy atom. The van der Waals surface area contributed by atoms with E-state index in [1.807, 2.05) is 11.9 Å². The first-order chi connectivity index (χ1) is 8.63. The molecule has 1 saturated heterocycles. The second-order valence-electron chi connectivity index (χ2n) is 4.40. The van der Waals surface area contributed by atoms with Crippen molar-refractivity contribution in [2.24, 2.45) is 5.73 Å². The van der Waals surface area contributed by atoms with E-state index in [1.165, 1.54) is 0 Å². The van der Waals surface area contributed by atoms with Gasteiger partial charge in [0.25, 0.3) is 0 Å². The van der Waals surface area contributed by atoms with E-state index in [2.05, 4.69) is 4.98 Å². The summed E-state index contributed by atoms with van der Waals surface area (Å²) in [6.07, 6.45) is 2.59. The summed E-state index contributed by atoms with van der Waals surface area (Å²) in [6, 6.07) is 1.80. The fourth-order valence-electron chi connectivity index (χ4n) is 2.02. The van der Waals surface area contributed by atoms with Gasteiger partial charge in [0.15, 0.2) is 0 Å². The predicted octanol–water partition coefficient (Wildman–Crippen LogP) is 0.862. The zero-order valence-corrected chi connectivity index (χ0v) is 11.2. The van der Waals surface area contributed by atoms with E-state index in [0.29, 0.717) is 23.9 Å². The van der Waals surface area contributed by atoms with Crippen molar-refractivity contribution < 1.29 is 4.79 Å². The van der Waals surface area contributed by atoms with Crippen molar-refractivity contribution >= 4 is 23.3 Å². The number of likely N-dealkylation sites (N-methyl/N-ethyl adjacent to an activating group) is 1. The van der Waals surface area contributed by atoms with Crippen molar-refractivity contribution in [3.8, 4) is 0 Å². The van der Waals surface area contributed by atoms with Crippen LogP contribution in [0.25, 0.3) is 0 Å². The van der Waals surface area contributed by atoms with Crippen molar-refractivity contribution in [1.82, 2.24) is 9.88 Å². The zero-order valence-electron chi connectivity index (χ0n) is 10.4. The smallest absolute Gasteiger partial charge is 0.241 e. The number of nitrogens with two attached hydrogens (primary N) is 1. The number of anilines is 1. The molecule has 6 heteroatoms. The molecule has 0 radical (unpaired) electrons. The van der Waals surface area contributed by atoms with Crippen LogP contribution in [0.1, 0.15) is 12.0 Å². The fourth-order valence-corrected chi connectivity index (χ4v) is 2.33. The third-order valence-corrected chi connectivity index (χ3v) is 3.56. The largest absolute Gasteiger partial charge is 0.346 e. The Morgan fingerprint density at radius 1 is 1.50 bits per heavy atom. The zero-order chi connectivity index (χ0) is 13.1. The quantitative estimate of drug-likeness (QED) is 0.864. The molecule has 1 aliphatic heterocycles. The lowest BCUT2D eigenvalue weighted by molar-refractivity contribution is -0.127. The van der Waals surface area contributed by atoms with Crippen LogP contribution in [0.15, 0.2) is 12.3 Å². The molecular formula is C12H17ClN4O. The molecule has 0 unspecified atom stereocenters. The normalized spacial score (nSPS) is 16.9. The lowest BCUT2D eigenvalue weighted by Gasteiger charge is -2.22. The van der Waals surface area contributed by atoms with Gasteiger partial charge in [0.1, 0.15) is 5.82 Å². The molecule has 1 aliphatic rings. The molecule has 0 bridgehead atoms. The van der Waals surface area contributed by atoms with Crippen LogP contribution < -0.4 is 10.6 Å². The van der Waals surface area contributed by atoms with Crippen LogP contribution >= 0.6 is 11.6 Å². The highest BCUT2D eigenvalue weighted by molar-refractivity contribution is 6.33. The number of halogens is 1. The summed E-state index contributed by atoms with van der Waals surface area (Å²) in [5.74, 6) is 0.742. The lowest BCUT2D eigenvalue weighted by Crippen LogP contribution is -2.35. The van der Waals surface area contributed by atoms with E-state index in [1.54, 1.807) is 17.2 Å². The molecule has 0 atom stereocenters. The third kappa shape index (κ3) is 2.57. The second kappa shape index (κ2) is 5.54. The summed E-state index contributed by atoms with van der Waals surface area (Å²) in [6.45, 7) is 2.23. The Kier molecular flexibility index (Phi) is 4.04. The topological polar surface area (TPSA) is 62.5 Å². The molecule has 0 saturated carbocycles. The number of pyridine rings is 1. The number of amides is 1. The van der Waals surface area contributed by atoms with E-state index < -0.39 is 0 Å². The van der Waals surface area contributed by atoms with Gasteiger partial charge in [0.2, 0.25) is 5.91 Å². The predicted molar refractivity (Wildman–Crippen MR) is 71.6 cm³/mol. The second-order valence-corrected chi connectivity index (χ2v) is 4.78.